The minimum Gasteiger partial charge on any atom is -0.481 e. The van der Waals surface area contributed by atoms with E-state index < -0.39 is 21.8 Å². The second kappa shape index (κ2) is 6.48. The molecular formula is C11H15FN2O4S. The highest BCUT2D eigenvalue weighted by atomic mass is 32.2. The lowest BCUT2D eigenvalue weighted by molar-refractivity contribution is -0.137. The molecule has 0 aliphatic carbocycles. The molecule has 1 aromatic rings. The number of unbranched alkanes of at least 4 members (excludes halogenated alkanes) is 1. The topological polar surface area (TPSA) is 109 Å². The van der Waals surface area contributed by atoms with E-state index >= 15 is 0 Å². The van der Waals surface area contributed by atoms with Crippen LogP contribution in [0.5, 0.6) is 0 Å². The number of hydrogen-bond donors (Lipinski definition) is 3. The second-order valence-electron chi connectivity index (χ2n) is 3.96. The summed E-state index contributed by atoms with van der Waals surface area (Å²) < 4.78 is 35.5. The molecule has 0 heterocycles. The van der Waals surface area contributed by atoms with E-state index in [1.165, 1.54) is 12.1 Å². The van der Waals surface area contributed by atoms with Crippen molar-refractivity contribution in [3.63, 3.8) is 0 Å². The maximum absolute atomic E-state index is 13.5. The number of primary sulfonamides is 1. The predicted octanol–water partition coefficient (Wildman–Crippen LogP) is 1.14. The molecule has 0 radical (unpaired) electrons. The fraction of sp³-hybridized carbons (Fsp3) is 0.364. The standard InChI is InChI=1S/C11H15FN2O4S/c12-9-7-8(19(13,17)18)4-5-10(9)14-6-2-1-3-11(15)16/h4-5,7,14H,1-3,6H2,(H,15,16)(H2,13,17,18). The molecule has 0 amide bonds. The van der Waals surface area contributed by atoms with Crippen LogP contribution in [0.4, 0.5) is 10.1 Å². The van der Waals surface area contributed by atoms with E-state index in [9.17, 15) is 17.6 Å². The molecule has 0 atom stereocenters. The summed E-state index contributed by atoms with van der Waals surface area (Å²) in [6.45, 7) is 0.402. The van der Waals surface area contributed by atoms with E-state index in [0.29, 0.717) is 19.4 Å². The van der Waals surface area contributed by atoms with Crippen molar-refractivity contribution in [2.45, 2.75) is 24.2 Å². The van der Waals surface area contributed by atoms with Gasteiger partial charge in [0.2, 0.25) is 10.0 Å². The van der Waals surface area contributed by atoms with E-state index in [2.05, 4.69) is 5.32 Å². The Morgan fingerprint density at radius 1 is 1.37 bits per heavy atom. The van der Waals surface area contributed by atoms with Crippen LogP contribution in [-0.2, 0) is 14.8 Å². The van der Waals surface area contributed by atoms with Gasteiger partial charge in [0.05, 0.1) is 10.6 Å². The molecule has 6 nitrogen and oxygen atoms in total. The zero-order valence-corrected chi connectivity index (χ0v) is 10.9. The summed E-state index contributed by atoms with van der Waals surface area (Å²) >= 11 is 0. The first kappa shape index (κ1) is 15.4. The Kier molecular flexibility index (Phi) is 5.25. The minimum absolute atomic E-state index is 0.0640. The van der Waals surface area contributed by atoms with Crippen LogP contribution in [0.15, 0.2) is 23.1 Å². The molecule has 19 heavy (non-hydrogen) atoms. The number of anilines is 1. The minimum atomic E-state index is -3.91. The number of carboxylic acids is 1. The molecule has 0 unspecified atom stereocenters. The highest BCUT2D eigenvalue weighted by Gasteiger charge is 2.11. The molecule has 0 fully saturated rings. The maximum atomic E-state index is 13.5. The monoisotopic (exact) mass is 290 g/mol. The summed E-state index contributed by atoms with van der Waals surface area (Å²) in [6, 6.07) is 3.33. The van der Waals surface area contributed by atoms with Crippen LogP contribution in [0.2, 0.25) is 0 Å². The lowest BCUT2D eigenvalue weighted by Crippen LogP contribution is -2.13. The number of hydrogen-bond acceptors (Lipinski definition) is 4. The van der Waals surface area contributed by atoms with Crippen LogP contribution in [0, 0.1) is 5.82 Å². The molecular weight excluding hydrogens is 275 g/mol. The first-order chi connectivity index (χ1) is 8.80. The highest BCUT2D eigenvalue weighted by molar-refractivity contribution is 7.89. The zero-order chi connectivity index (χ0) is 14.5. The Bertz CT molecular complexity index is 560. The number of rotatable bonds is 7. The van der Waals surface area contributed by atoms with Gasteiger partial charge < -0.3 is 10.4 Å². The van der Waals surface area contributed by atoms with Gasteiger partial charge in [-0.25, -0.2) is 17.9 Å². The van der Waals surface area contributed by atoms with E-state index in [-0.39, 0.29) is 17.0 Å². The number of halogens is 1. The Hall–Kier alpha value is -1.67. The SMILES string of the molecule is NS(=O)(=O)c1ccc(NCCCCC(=O)O)c(F)c1. The smallest absolute Gasteiger partial charge is 0.303 e. The molecule has 1 aromatic carbocycles. The third-order valence-corrected chi connectivity index (χ3v) is 3.31. The van der Waals surface area contributed by atoms with Crippen molar-refractivity contribution in [3.8, 4) is 0 Å². The fourth-order valence-corrected chi connectivity index (χ4v) is 1.97. The summed E-state index contributed by atoms with van der Waals surface area (Å²) in [4.78, 5) is 9.98. The van der Waals surface area contributed by atoms with Crippen molar-refractivity contribution in [2.24, 2.45) is 5.14 Å². The number of carbonyl (C=O) groups is 1. The molecule has 4 N–H and O–H groups in total. The summed E-state index contributed by atoms with van der Waals surface area (Å²) in [5.74, 6) is -1.59. The van der Waals surface area contributed by atoms with E-state index in [4.69, 9.17) is 10.2 Å². The van der Waals surface area contributed by atoms with Crippen molar-refractivity contribution < 1.29 is 22.7 Å². The summed E-state index contributed by atoms with van der Waals surface area (Å²) in [5, 5.41) is 16.1. The summed E-state index contributed by atoms with van der Waals surface area (Å²) in [6.07, 6.45) is 1.12. The Labute approximate surface area is 110 Å². The molecule has 0 aliphatic heterocycles. The molecule has 8 heteroatoms. The maximum Gasteiger partial charge on any atom is 0.303 e. The van der Waals surface area contributed by atoms with Gasteiger partial charge in [0, 0.05) is 13.0 Å². The van der Waals surface area contributed by atoms with Crippen molar-refractivity contribution in [3.05, 3.63) is 24.0 Å². The van der Waals surface area contributed by atoms with Crippen molar-refractivity contribution in [2.75, 3.05) is 11.9 Å². The molecule has 0 saturated carbocycles. The van der Waals surface area contributed by atoms with E-state index in [0.717, 1.165) is 6.07 Å². The first-order valence-corrected chi connectivity index (χ1v) is 7.13. The Balaban J connectivity index is 2.54. The molecule has 0 bridgehead atoms. The number of nitrogens with two attached hydrogens (primary N) is 1. The van der Waals surface area contributed by atoms with Gasteiger partial charge in [-0.1, -0.05) is 0 Å². The van der Waals surface area contributed by atoms with Crippen LogP contribution in [0.1, 0.15) is 19.3 Å². The number of benzene rings is 1. The number of sulfonamides is 1. The normalized spacial score (nSPS) is 11.3. The first-order valence-electron chi connectivity index (χ1n) is 5.59. The van der Waals surface area contributed by atoms with Gasteiger partial charge in [-0.3, -0.25) is 4.79 Å². The van der Waals surface area contributed by atoms with Gasteiger partial charge in [0.15, 0.2) is 0 Å². The lowest BCUT2D eigenvalue weighted by atomic mass is 10.2. The van der Waals surface area contributed by atoms with E-state index in [1.807, 2.05) is 0 Å². The van der Waals surface area contributed by atoms with Gasteiger partial charge in [-0.2, -0.15) is 0 Å². The van der Waals surface area contributed by atoms with Gasteiger partial charge in [-0.05, 0) is 31.0 Å². The zero-order valence-electron chi connectivity index (χ0n) is 10.1. The van der Waals surface area contributed by atoms with Gasteiger partial charge in [0.25, 0.3) is 0 Å². The Morgan fingerprint density at radius 2 is 2.05 bits per heavy atom. The van der Waals surface area contributed by atoms with Crippen LogP contribution in [0.3, 0.4) is 0 Å². The summed E-state index contributed by atoms with van der Waals surface area (Å²) in [5.41, 5.74) is 0.155. The quantitative estimate of drug-likeness (QED) is 0.652. The van der Waals surface area contributed by atoms with Crippen LogP contribution >= 0.6 is 0 Å². The molecule has 0 saturated heterocycles. The van der Waals surface area contributed by atoms with Gasteiger partial charge >= 0.3 is 5.97 Å². The molecule has 1 rings (SSSR count). The van der Waals surface area contributed by atoms with Crippen LogP contribution in [-0.4, -0.2) is 26.0 Å². The summed E-state index contributed by atoms with van der Waals surface area (Å²) in [7, 11) is -3.91. The van der Waals surface area contributed by atoms with Crippen molar-refractivity contribution in [1.82, 2.24) is 0 Å². The average Bonchev–Trinajstić information content (AvgIpc) is 2.28. The second-order valence-corrected chi connectivity index (χ2v) is 5.53. The molecule has 0 aliphatic rings. The van der Waals surface area contributed by atoms with Crippen LogP contribution in [0.25, 0.3) is 0 Å². The Morgan fingerprint density at radius 3 is 2.58 bits per heavy atom. The van der Waals surface area contributed by atoms with Crippen molar-refractivity contribution >= 4 is 21.7 Å². The van der Waals surface area contributed by atoms with Crippen molar-refractivity contribution in [1.29, 1.82) is 0 Å². The number of nitrogens with one attached hydrogen (secondary N) is 1. The fourth-order valence-electron chi connectivity index (χ4n) is 1.44. The molecule has 106 valence electrons. The highest BCUT2D eigenvalue weighted by Crippen LogP contribution is 2.18. The third kappa shape index (κ3) is 5.23. The largest absolute Gasteiger partial charge is 0.481 e. The molecule has 0 spiro atoms. The number of aliphatic carboxylic acids is 1. The third-order valence-electron chi connectivity index (χ3n) is 2.40. The van der Waals surface area contributed by atoms with Crippen LogP contribution < -0.4 is 10.5 Å². The predicted molar refractivity (Wildman–Crippen MR) is 67.7 cm³/mol. The lowest BCUT2D eigenvalue weighted by Gasteiger charge is -2.08. The van der Waals surface area contributed by atoms with Gasteiger partial charge in [-0.15, -0.1) is 0 Å². The van der Waals surface area contributed by atoms with Gasteiger partial charge in [0.1, 0.15) is 5.82 Å². The number of carboxylic acid groups (broad SMARTS) is 1. The molecule has 0 aromatic heterocycles. The van der Waals surface area contributed by atoms with E-state index in [1.54, 1.807) is 0 Å². The average molecular weight is 290 g/mol.